The highest BCUT2D eigenvalue weighted by Gasteiger charge is 2.08. The minimum absolute atomic E-state index is 0.166. The van der Waals surface area contributed by atoms with Gasteiger partial charge >= 0.3 is 0 Å². The fraction of sp³-hybridized carbons (Fsp3) is 0.615. The van der Waals surface area contributed by atoms with Gasteiger partial charge in [-0.1, -0.05) is 13.8 Å². The van der Waals surface area contributed by atoms with E-state index in [2.05, 4.69) is 40.7 Å². The molecule has 0 radical (unpaired) electrons. The predicted octanol–water partition coefficient (Wildman–Crippen LogP) is 2.17. The van der Waals surface area contributed by atoms with Gasteiger partial charge in [-0.3, -0.25) is 9.78 Å². The lowest BCUT2D eigenvalue weighted by Gasteiger charge is -2.09. The van der Waals surface area contributed by atoms with E-state index in [1.807, 2.05) is 0 Å². The largest absolute Gasteiger partial charge is 0.369 e. The Morgan fingerprint density at radius 2 is 2.21 bits per heavy atom. The summed E-state index contributed by atoms with van der Waals surface area (Å²) in [5, 5.41) is 6.53. The first kappa shape index (κ1) is 15.8. The normalized spacial score (nSPS) is 11.9. The van der Waals surface area contributed by atoms with Crippen LogP contribution in [0.4, 0.5) is 5.82 Å². The predicted molar refractivity (Wildman–Crippen MR) is 80.7 cm³/mol. The molecule has 0 aliphatic heterocycles. The summed E-state index contributed by atoms with van der Waals surface area (Å²) in [5.74, 6) is 0.480. The second-order valence-corrected chi connectivity index (χ2v) is 5.58. The van der Waals surface area contributed by atoms with Gasteiger partial charge in [-0.2, -0.15) is 11.8 Å². The molecule has 2 N–H and O–H groups in total. The van der Waals surface area contributed by atoms with E-state index in [0.29, 0.717) is 23.3 Å². The van der Waals surface area contributed by atoms with Crippen molar-refractivity contribution in [1.29, 1.82) is 0 Å². The number of amides is 1. The van der Waals surface area contributed by atoms with Crippen molar-refractivity contribution < 1.29 is 4.79 Å². The van der Waals surface area contributed by atoms with Crippen molar-refractivity contribution in [2.24, 2.45) is 0 Å². The van der Waals surface area contributed by atoms with Gasteiger partial charge in [0.15, 0.2) is 0 Å². The molecule has 0 fully saturated rings. The average molecular weight is 282 g/mol. The maximum Gasteiger partial charge on any atom is 0.271 e. The maximum absolute atomic E-state index is 11.9. The molecule has 19 heavy (non-hydrogen) atoms. The van der Waals surface area contributed by atoms with Gasteiger partial charge in [0.1, 0.15) is 11.5 Å². The van der Waals surface area contributed by atoms with Crippen LogP contribution < -0.4 is 10.6 Å². The molecule has 1 heterocycles. The molecule has 5 nitrogen and oxygen atoms in total. The van der Waals surface area contributed by atoms with E-state index in [1.165, 1.54) is 6.20 Å². The second-order valence-electron chi connectivity index (χ2n) is 4.31. The number of anilines is 1. The molecule has 106 valence electrons. The zero-order chi connectivity index (χ0) is 14.1. The number of carbonyl (C=O) groups excluding carboxylic acids is 1. The highest BCUT2D eigenvalue weighted by molar-refractivity contribution is 7.99. The first-order chi connectivity index (χ1) is 9.17. The van der Waals surface area contributed by atoms with Crippen molar-refractivity contribution in [1.82, 2.24) is 15.3 Å². The molecular formula is C13H22N4OS. The fourth-order valence-electron chi connectivity index (χ4n) is 1.41. The van der Waals surface area contributed by atoms with E-state index in [4.69, 9.17) is 0 Å². The third-order valence-corrected chi connectivity index (χ3v) is 3.70. The van der Waals surface area contributed by atoms with E-state index in [-0.39, 0.29) is 5.91 Å². The lowest BCUT2D eigenvalue weighted by atomic mass is 10.3. The molecule has 6 heteroatoms. The Bertz CT molecular complexity index is 400. The molecule has 0 saturated heterocycles. The highest BCUT2D eigenvalue weighted by atomic mass is 32.2. The molecule has 0 bridgehead atoms. The van der Waals surface area contributed by atoms with E-state index in [0.717, 1.165) is 19.4 Å². The number of hydrogen-bond donors (Lipinski definition) is 2. The van der Waals surface area contributed by atoms with Gasteiger partial charge in [0.2, 0.25) is 0 Å². The number of rotatable bonds is 8. The number of nitrogens with one attached hydrogen (secondary N) is 2. The van der Waals surface area contributed by atoms with Crippen LogP contribution >= 0.6 is 11.8 Å². The SMILES string of the molecule is CCCNc1cncc(C(=O)NCCC(C)SC)n1. The third kappa shape index (κ3) is 5.92. The van der Waals surface area contributed by atoms with Gasteiger partial charge in [0.25, 0.3) is 5.91 Å². The van der Waals surface area contributed by atoms with Crippen LogP contribution in [0.15, 0.2) is 12.4 Å². The molecule has 0 aliphatic rings. The summed E-state index contributed by atoms with van der Waals surface area (Å²) < 4.78 is 0. The van der Waals surface area contributed by atoms with Gasteiger partial charge in [-0.25, -0.2) is 4.98 Å². The molecule has 1 amide bonds. The van der Waals surface area contributed by atoms with Crippen LogP contribution in [0.2, 0.25) is 0 Å². The minimum atomic E-state index is -0.166. The minimum Gasteiger partial charge on any atom is -0.369 e. The Labute approximate surface area is 119 Å². The molecule has 0 spiro atoms. The molecule has 1 aromatic rings. The molecular weight excluding hydrogens is 260 g/mol. The summed E-state index contributed by atoms with van der Waals surface area (Å²) in [7, 11) is 0. The summed E-state index contributed by atoms with van der Waals surface area (Å²) in [5.41, 5.74) is 0.359. The van der Waals surface area contributed by atoms with Gasteiger partial charge in [-0.05, 0) is 19.1 Å². The van der Waals surface area contributed by atoms with Crippen molar-refractivity contribution in [3.63, 3.8) is 0 Å². The maximum atomic E-state index is 11.9. The van der Waals surface area contributed by atoms with Crippen molar-refractivity contribution in [3.8, 4) is 0 Å². The molecule has 1 rings (SSSR count). The Morgan fingerprint density at radius 3 is 2.89 bits per heavy atom. The van der Waals surface area contributed by atoms with Crippen molar-refractivity contribution >= 4 is 23.5 Å². The summed E-state index contributed by atoms with van der Waals surface area (Å²) in [6, 6.07) is 0. The zero-order valence-corrected chi connectivity index (χ0v) is 12.6. The smallest absolute Gasteiger partial charge is 0.271 e. The first-order valence-corrected chi connectivity index (χ1v) is 7.83. The molecule has 0 saturated carbocycles. The number of hydrogen-bond acceptors (Lipinski definition) is 5. The van der Waals surface area contributed by atoms with Crippen molar-refractivity contribution in [2.75, 3.05) is 24.7 Å². The average Bonchev–Trinajstić information content (AvgIpc) is 2.45. The first-order valence-electron chi connectivity index (χ1n) is 6.54. The second kappa shape index (κ2) is 8.74. The Kier molecular flexibility index (Phi) is 7.25. The number of aromatic nitrogens is 2. The lowest BCUT2D eigenvalue weighted by Crippen LogP contribution is -2.27. The van der Waals surface area contributed by atoms with Crippen LogP contribution in [-0.4, -0.2) is 40.5 Å². The van der Waals surface area contributed by atoms with E-state index < -0.39 is 0 Å². The Balaban J connectivity index is 2.47. The molecule has 1 aromatic heterocycles. The topological polar surface area (TPSA) is 66.9 Å². The standard InChI is InChI=1S/C13H22N4OS/c1-4-6-15-12-9-14-8-11(17-12)13(18)16-7-5-10(2)19-3/h8-10H,4-7H2,1-3H3,(H,15,17)(H,16,18). The van der Waals surface area contributed by atoms with Gasteiger partial charge in [0, 0.05) is 18.3 Å². The van der Waals surface area contributed by atoms with Gasteiger partial charge < -0.3 is 10.6 Å². The number of carbonyl (C=O) groups is 1. The quantitative estimate of drug-likeness (QED) is 0.765. The van der Waals surface area contributed by atoms with Crippen LogP contribution in [0, 0.1) is 0 Å². The Hall–Kier alpha value is -1.30. The molecule has 0 aromatic carbocycles. The van der Waals surface area contributed by atoms with Crippen LogP contribution in [0.3, 0.4) is 0 Å². The van der Waals surface area contributed by atoms with E-state index >= 15 is 0 Å². The highest BCUT2D eigenvalue weighted by Crippen LogP contribution is 2.08. The number of nitrogens with zero attached hydrogens (tertiary/aromatic N) is 2. The molecule has 0 aliphatic carbocycles. The Morgan fingerprint density at radius 1 is 1.42 bits per heavy atom. The number of thioether (sulfide) groups is 1. The van der Waals surface area contributed by atoms with Crippen molar-refractivity contribution in [3.05, 3.63) is 18.1 Å². The fourth-order valence-corrected chi connectivity index (χ4v) is 1.76. The van der Waals surface area contributed by atoms with Crippen LogP contribution in [0.5, 0.6) is 0 Å². The summed E-state index contributed by atoms with van der Waals surface area (Å²) >= 11 is 1.79. The van der Waals surface area contributed by atoms with Gasteiger partial charge in [0.05, 0.1) is 12.4 Å². The summed E-state index contributed by atoms with van der Waals surface area (Å²) in [6.45, 7) is 5.70. The summed E-state index contributed by atoms with van der Waals surface area (Å²) in [4.78, 5) is 20.2. The van der Waals surface area contributed by atoms with E-state index in [1.54, 1.807) is 18.0 Å². The zero-order valence-electron chi connectivity index (χ0n) is 11.8. The van der Waals surface area contributed by atoms with Crippen LogP contribution in [0.1, 0.15) is 37.2 Å². The monoisotopic (exact) mass is 282 g/mol. The molecule has 1 atom stereocenters. The third-order valence-electron chi connectivity index (χ3n) is 2.66. The summed E-state index contributed by atoms with van der Waals surface area (Å²) in [6.07, 6.45) is 7.15. The van der Waals surface area contributed by atoms with E-state index in [9.17, 15) is 4.79 Å². The van der Waals surface area contributed by atoms with Crippen LogP contribution in [-0.2, 0) is 0 Å². The molecule has 1 unspecified atom stereocenters. The van der Waals surface area contributed by atoms with Crippen LogP contribution in [0.25, 0.3) is 0 Å². The van der Waals surface area contributed by atoms with Gasteiger partial charge in [-0.15, -0.1) is 0 Å². The van der Waals surface area contributed by atoms with Crippen molar-refractivity contribution in [2.45, 2.75) is 31.9 Å². The lowest BCUT2D eigenvalue weighted by molar-refractivity contribution is 0.0948.